The molecule has 0 atom stereocenters. The van der Waals surface area contributed by atoms with E-state index in [1.165, 1.54) is 6.07 Å². The molecule has 0 saturated heterocycles. The summed E-state index contributed by atoms with van der Waals surface area (Å²) in [7, 11) is 0. The Balaban J connectivity index is 1.65. The zero-order valence-electron chi connectivity index (χ0n) is 17.9. The van der Waals surface area contributed by atoms with Gasteiger partial charge in [0, 0.05) is 35.0 Å². The summed E-state index contributed by atoms with van der Waals surface area (Å²) in [5.41, 5.74) is 5.25. The fraction of sp³-hybridized carbons (Fsp3) is 0. The van der Waals surface area contributed by atoms with Crippen LogP contribution in [0.2, 0.25) is 0 Å². The minimum atomic E-state index is -0.264. The minimum absolute atomic E-state index is 0.202. The fourth-order valence-electron chi connectivity index (χ4n) is 4.23. The number of nitrogens with one attached hydrogen (secondary N) is 2. The van der Waals surface area contributed by atoms with Crippen LogP contribution in [0.1, 0.15) is 0 Å². The van der Waals surface area contributed by atoms with Gasteiger partial charge in [0.25, 0.3) is 0 Å². The molecule has 0 bridgehead atoms. The average molecular weight is 442 g/mol. The first-order valence-electron chi connectivity index (χ1n) is 10.8. The lowest BCUT2D eigenvalue weighted by Gasteiger charge is -2.13. The molecule has 0 aliphatic heterocycles. The smallest absolute Gasteiger partial charge is 0.248 e. The van der Waals surface area contributed by atoms with Crippen LogP contribution in [0, 0.1) is 0 Å². The van der Waals surface area contributed by atoms with Crippen LogP contribution >= 0.6 is 0 Å². The van der Waals surface area contributed by atoms with E-state index in [2.05, 4.69) is 21.0 Å². The summed E-state index contributed by atoms with van der Waals surface area (Å²) >= 11 is 0. The molecule has 6 nitrogen and oxygen atoms in total. The molecule has 162 valence electrons. The largest absolute Gasteiger partial charge is 0.345 e. The number of benzene rings is 2. The van der Waals surface area contributed by atoms with Crippen molar-refractivity contribution in [3.63, 3.8) is 0 Å². The highest BCUT2D eigenvalue weighted by Crippen LogP contribution is 2.34. The van der Waals surface area contributed by atoms with Crippen molar-refractivity contribution in [1.82, 2.24) is 19.9 Å². The number of aromatic nitrogens is 4. The van der Waals surface area contributed by atoms with Crippen LogP contribution in [0.4, 0.5) is 0 Å². The average Bonchev–Trinajstić information content (AvgIpc) is 2.88. The Bertz CT molecular complexity index is 1800. The third kappa shape index (κ3) is 3.38. The lowest BCUT2D eigenvalue weighted by atomic mass is 9.96. The van der Waals surface area contributed by atoms with Crippen molar-refractivity contribution in [2.24, 2.45) is 0 Å². The Morgan fingerprint density at radius 2 is 1.62 bits per heavy atom. The van der Waals surface area contributed by atoms with E-state index in [4.69, 9.17) is 4.98 Å². The van der Waals surface area contributed by atoms with E-state index < -0.39 is 0 Å². The highest BCUT2D eigenvalue weighted by Gasteiger charge is 2.16. The molecule has 2 N–H and O–H groups in total. The lowest BCUT2D eigenvalue weighted by Crippen LogP contribution is -2.12. The van der Waals surface area contributed by atoms with Crippen LogP contribution in [0.3, 0.4) is 0 Å². The van der Waals surface area contributed by atoms with Crippen molar-refractivity contribution in [2.75, 3.05) is 0 Å². The molecule has 0 radical (unpaired) electrons. The SMILES string of the molecule is O=c1cccc(-c2c[nH]c3nc(-c4ccccc4)c(-c4ccc5ncccc5c4)cc3c2=O)[nH]1. The Morgan fingerprint density at radius 3 is 2.47 bits per heavy atom. The maximum atomic E-state index is 13.5. The van der Waals surface area contributed by atoms with Gasteiger partial charge >= 0.3 is 0 Å². The number of fused-ring (bicyclic) bond motifs is 2. The monoisotopic (exact) mass is 442 g/mol. The van der Waals surface area contributed by atoms with E-state index >= 15 is 0 Å². The number of rotatable bonds is 3. The topological polar surface area (TPSA) is 91.5 Å². The van der Waals surface area contributed by atoms with Gasteiger partial charge in [-0.15, -0.1) is 0 Å². The molecule has 6 rings (SSSR count). The van der Waals surface area contributed by atoms with Crippen LogP contribution in [0.5, 0.6) is 0 Å². The predicted octanol–water partition coefficient (Wildman–Crippen LogP) is 5.16. The molecule has 4 heterocycles. The summed E-state index contributed by atoms with van der Waals surface area (Å²) in [5.74, 6) is 0. The Kier molecular flexibility index (Phi) is 4.63. The summed E-state index contributed by atoms with van der Waals surface area (Å²) in [5, 5.41) is 1.45. The molecule has 0 fully saturated rings. The molecular weight excluding hydrogens is 424 g/mol. The Hall–Kier alpha value is -4.84. The molecule has 0 amide bonds. The van der Waals surface area contributed by atoms with Gasteiger partial charge < -0.3 is 9.97 Å². The number of nitrogens with zero attached hydrogens (tertiary/aromatic N) is 2. The van der Waals surface area contributed by atoms with E-state index in [0.29, 0.717) is 22.3 Å². The van der Waals surface area contributed by atoms with E-state index in [9.17, 15) is 9.59 Å². The second-order valence-electron chi connectivity index (χ2n) is 8.02. The molecule has 0 saturated carbocycles. The molecule has 0 aliphatic carbocycles. The summed E-state index contributed by atoms with van der Waals surface area (Å²) in [6, 6.07) is 26.5. The van der Waals surface area contributed by atoms with Crippen LogP contribution in [0.15, 0.2) is 107 Å². The number of hydrogen-bond acceptors (Lipinski definition) is 4. The van der Waals surface area contributed by atoms with Gasteiger partial charge in [-0.05, 0) is 35.9 Å². The highest BCUT2D eigenvalue weighted by molar-refractivity contribution is 5.94. The first-order valence-corrected chi connectivity index (χ1v) is 10.8. The molecule has 0 unspecified atom stereocenters. The van der Waals surface area contributed by atoms with E-state index in [1.807, 2.05) is 60.7 Å². The van der Waals surface area contributed by atoms with Gasteiger partial charge in [0.15, 0.2) is 5.43 Å². The van der Waals surface area contributed by atoms with Crippen LogP contribution < -0.4 is 11.0 Å². The third-order valence-corrected chi connectivity index (χ3v) is 5.88. The third-order valence-electron chi connectivity index (χ3n) is 5.88. The van der Waals surface area contributed by atoms with E-state index in [-0.39, 0.29) is 11.0 Å². The normalized spacial score (nSPS) is 11.2. The number of pyridine rings is 4. The van der Waals surface area contributed by atoms with Crippen molar-refractivity contribution < 1.29 is 0 Å². The van der Waals surface area contributed by atoms with Crippen LogP contribution in [0.25, 0.3) is 55.6 Å². The summed E-state index contributed by atoms with van der Waals surface area (Å²) < 4.78 is 0. The van der Waals surface area contributed by atoms with Gasteiger partial charge in [-0.3, -0.25) is 14.6 Å². The van der Waals surface area contributed by atoms with E-state index in [0.717, 1.165) is 33.3 Å². The molecule has 0 spiro atoms. The van der Waals surface area contributed by atoms with Gasteiger partial charge in [0.05, 0.1) is 27.9 Å². The first kappa shape index (κ1) is 19.8. The van der Waals surface area contributed by atoms with Gasteiger partial charge in [0.1, 0.15) is 5.65 Å². The molecule has 2 aromatic carbocycles. The number of aromatic amines is 2. The summed E-state index contributed by atoms with van der Waals surface area (Å²) in [6.45, 7) is 0. The summed E-state index contributed by atoms with van der Waals surface area (Å²) in [4.78, 5) is 40.5. The van der Waals surface area contributed by atoms with Crippen LogP contribution in [-0.4, -0.2) is 19.9 Å². The van der Waals surface area contributed by atoms with Gasteiger partial charge in [-0.1, -0.05) is 48.5 Å². The van der Waals surface area contributed by atoms with Gasteiger partial charge in [-0.2, -0.15) is 0 Å². The maximum absolute atomic E-state index is 13.5. The van der Waals surface area contributed by atoms with Crippen molar-refractivity contribution in [2.45, 2.75) is 0 Å². The maximum Gasteiger partial charge on any atom is 0.248 e. The van der Waals surface area contributed by atoms with Crippen molar-refractivity contribution in [3.8, 4) is 33.6 Å². The predicted molar refractivity (Wildman–Crippen MR) is 135 cm³/mol. The van der Waals surface area contributed by atoms with Crippen molar-refractivity contribution in [1.29, 1.82) is 0 Å². The Labute approximate surface area is 193 Å². The second-order valence-corrected chi connectivity index (χ2v) is 8.02. The van der Waals surface area contributed by atoms with E-state index in [1.54, 1.807) is 24.5 Å². The minimum Gasteiger partial charge on any atom is -0.345 e. The van der Waals surface area contributed by atoms with Crippen molar-refractivity contribution >= 4 is 21.9 Å². The number of H-pyrrole nitrogens is 2. The van der Waals surface area contributed by atoms with Gasteiger partial charge in [-0.25, -0.2) is 4.98 Å². The summed E-state index contributed by atoms with van der Waals surface area (Å²) in [6.07, 6.45) is 3.36. The zero-order chi connectivity index (χ0) is 23.1. The molecule has 6 aromatic rings. The second kappa shape index (κ2) is 7.94. The van der Waals surface area contributed by atoms with Crippen LogP contribution in [-0.2, 0) is 0 Å². The fourth-order valence-corrected chi connectivity index (χ4v) is 4.23. The highest BCUT2D eigenvalue weighted by atomic mass is 16.1. The molecular formula is C28H18N4O2. The van der Waals surface area contributed by atoms with Gasteiger partial charge in [0.2, 0.25) is 5.56 Å². The molecule has 4 aromatic heterocycles. The zero-order valence-corrected chi connectivity index (χ0v) is 17.9. The Morgan fingerprint density at radius 1 is 0.735 bits per heavy atom. The lowest BCUT2D eigenvalue weighted by molar-refractivity contribution is 1.22. The standard InChI is InChI=1S/C28H18N4O2/c33-25-10-4-9-24(31-25)22-16-30-28-21(27(22)34)15-20(26(32-28)17-6-2-1-3-7-17)18-11-12-23-19(14-18)8-5-13-29-23/h1-16H,(H,31,33)(H,30,32,34). The quantitative estimate of drug-likeness (QED) is 0.396. The molecule has 34 heavy (non-hydrogen) atoms. The van der Waals surface area contributed by atoms with Crippen molar-refractivity contribution in [3.05, 3.63) is 118 Å². The molecule has 6 heteroatoms. The number of hydrogen-bond donors (Lipinski definition) is 2. The molecule has 0 aliphatic rings. The first-order chi connectivity index (χ1) is 16.7.